The number of rotatable bonds is 0. The van der Waals surface area contributed by atoms with Crippen molar-refractivity contribution in [2.24, 2.45) is 0 Å². The minimum absolute atomic E-state index is 0.255. The smallest absolute Gasteiger partial charge is 0.135 e. The molecule has 14 heavy (non-hydrogen) atoms. The minimum atomic E-state index is -0.615. The second-order valence-corrected chi connectivity index (χ2v) is 3.10. The number of pyridine rings is 1. The van der Waals surface area contributed by atoms with Gasteiger partial charge in [0.2, 0.25) is 0 Å². The standard InChI is InChI=1S/C10H8F2N2/c1-5-7(11)4-8(12)6-2-3-9(13)14-10(5)6/h2-4H,1H3,(H2,13,14). The van der Waals surface area contributed by atoms with E-state index >= 15 is 0 Å². The molecule has 4 heteroatoms. The van der Waals surface area contributed by atoms with Crippen molar-refractivity contribution in [3.8, 4) is 0 Å². The summed E-state index contributed by atoms with van der Waals surface area (Å²) < 4.78 is 26.4. The molecule has 0 aliphatic heterocycles. The zero-order chi connectivity index (χ0) is 10.3. The Morgan fingerprint density at radius 2 is 1.93 bits per heavy atom. The number of anilines is 1. The Bertz CT molecular complexity index is 509. The van der Waals surface area contributed by atoms with Crippen molar-refractivity contribution in [3.05, 3.63) is 35.4 Å². The van der Waals surface area contributed by atoms with E-state index in [1.54, 1.807) is 6.92 Å². The van der Waals surface area contributed by atoms with Gasteiger partial charge in [0.05, 0.1) is 5.52 Å². The highest BCUT2D eigenvalue weighted by Gasteiger charge is 2.09. The van der Waals surface area contributed by atoms with Gasteiger partial charge >= 0.3 is 0 Å². The fourth-order valence-corrected chi connectivity index (χ4v) is 1.36. The van der Waals surface area contributed by atoms with Crippen LogP contribution in [0.4, 0.5) is 14.6 Å². The van der Waals surface area contributed by atoms with Crippen LogP contribution >= 0.6 is 0 Å². The Labute approximate surface area is 79.4 Å². The van der Waals surface area contributed by atoms with Crippen molar-refractivity contribution >= 4 is 16.7 Å². The molecule has 0 fully saturated rings. The molecule has 0 spiro atoms. The second kappa shape index (κ2) is 2.90. The van der Waals surface area contributed by atoms with Crippen molar-refractivity contribution in [2.45, 2.75) is 6.92 Å². The number of hydrogen-bond acceptors (Lipinski definition) is 2. The molecule has 0 aliphatic rings. The Morgan fingerprint density at radius 1 is 1.21 bits per heavy atom. The van der Waals surface area contributed by atoms with Gasteiger partial charge in [0.15, 0.2) is 0 Å². The van der Waals surface area contributed by atoms with Crippen molar-refractivity contribution in [2.75, 3.05) is 5.73 Å². The summed E-state index contributed by atoms with van der Waals surface area (Å²) in [7, 11) is 0. The number of benzene rings is 1. The number of aromatic nitrogens is 1. The number of halogens is 2. The second-order valence-electron chi connectivity index (χ2n) is 3.10. The molecule has 0 saturated heterocycles. The average molecular weight is 194 g/mol. The lowest BCUT2D eigenvalue weighted by Gasteiger charge is -2.04. The lowest BCUT2D eigenvalue weighted by molar-refractivity contribution is 0.586. The van der Waals surface area contributed by atoms with Gasteiger partial charge in [-0.2, -0.15) is 0 Å². The summed E-state index contributed by atoms with van der Waals surface area (Å²) in [5.74, 6) is -0.964. The van der Waals surface area contributed by atoms with Gasteiger partial charge in [-0.3, -0.25) is 0 Å². The predicted molar refractivity (Wildman–Crippen MR) is 50.8 cm³/mol. The zero-order valence-corrected chi connectivity index (χ0v) is 7.51. The lowest BCUT2D eigenvalue weighted by atomic mass is 10.1. The first-order chi connectivity index (χ1) is 6.59. The van der Waals surface area contributed by atoms with Gasteiger partial charge in [-0.25, -0.2) is 13.8 Å². The zero-order valence-electron chi connectivity index (χ0n) is 7.51. The van der Waals surface area contributed by atoms with Crippen molar-refractivity contribution in [1.82, 2.24) is 4.98 Å². The molecule has 0 bridgehead atoms. The van der Waals surface area contributed by atoms with Crippen LogP contribution in [0.3, 0.4) is 0 Å². The molecule has 0 aliphatic carbocycles. The van der Waals surface area contributed by atoms with Crippen LogP contribution in [-0.4, -0.2) is 4.98 Å². The van der Waals surface area contributed by atoms with Gasteiger partial charge in [0.1, 0.15) is 17.5 Å². The summed E-state index contributed by atoms with van der Waals surface area (Å²) in [5.41, 5.74) is 6.03. The summed E-state index contributed by atoms with van der Waals surface area (Å²) in [6.45, 7) is 1.55. The highest BCUT2D eigenvalue weighted by Crippen LogP contribution is 2.23. The van der Waals surface area contributed by atoms with Gasteiger partial charge < -0.3 is 5.73 Å². The highest BCUT2D eigenvalue weighted by atomic mass is 19.1. The molecule has 1 aromatic heterocycles. The first kappa shape index (κ1) is 8.87. The Morgan fingerprint density at radius 3 is 2.64 bits per heavy atom. The summed E-state index contributed by atoms with van der Waals surface area (Å²) in [4.78, 5) is 3.89. The van der Waals surface area contributed by atoms with E-state index in [9.17, 15) is 8.78 Å². The summed E-state index contributed by atoms with van der Waals surface area (Å²) >= 11 is 0. The normalized spacial score (nSPS) is 10.8. The summed E-state index contributed by atoms with van der Waals surface area (Å²) in [6, 6.07) is 3.84. The van der Waals surface area contributed by atoms with Crippen molar-refractivity contribution in [1.29, 1.82) is 0 Å². The van der Waals surface area contributed by atoms with Crippen LogP contribution in [0.15, 0.2) is 18.2 Å². The molecule has 1 heterocycles. The van der Waals surface area contributed by atoms with Crippen LogP contribution in [0.25, 0.3) is 10.9 Å². The molecule has 2 aromatic rings. The maximum Gasteiger partial charge on any atom is 0.135 e. The predicted octanol–water partition coefficient (Wildman–Crippen LogP) is 2.40. The summed E-state index contributed by atoms with van der Waals surface area (Å²) in [5, 5.41) is 0.290. The van der Waals surface area contributed by atoms with Crippen LogP contribution in [0.2, 0.25) is 0 Å². The quantitative estimate of drug-likeness (QED) is 0.699. The van der Waals surface area contributed by atoms with Crippen LogP contribution in [0, 0.1) is 18.6 Å². The van der Waals surface area contributed by atoms with Gasteiger partial charge in [0, 0.05) is 17.0 Å². The summed E-state index contributed by atoms with van der Waals surface area (Å²) in [6.07, 6.45) is 0. The highest BCUT2D eigenvalue weighted by molar-refractivity contribution is 5.83. The largest absolute Gasteiger partial charge is 0.384 e. The van der Waals surface area contributed by atoms with Crippen molar-refractivity contribution < 1.29 is 8.78 Å². The Hall–Kier alpha value is -1.71. The van der Waals surface area contributed by atoms with Gasteiger partial charge in [0.25, 0.3) is 0 Å². The molecule has 0 radical (unpaired) electrons. The van der Waals surface area contributed by atoms with Crippen LogP contribution in [0.1, 0.15) is 5.56 Å². The van der Waals surface area contributed by atoms with Gasteiger partial charge in [-0.05, 0) is 19.1 Å². The third-order valence-corrected chi connectivity index (χ3v) is 2.14. The number of fused-ring (bicyclic) bond motifs is 1. The first-order valence-corrected chi connectivity index (χ1v) is 4.10. The van der Waals surface area contributed by atoms with E-state index in [-0.39, 0.29) is 16.7 Å². The monoisotopic (exact) mass is 194 g/mol. The van der Waals surface area contributed by atoms with E-state index in [2.05, 4.69) is 4.98 Å². The topological polar surface area (TPSA) is 38.9 Å². The molecule has 2 N–H and O–H groups in total. The average Bonchev–Trinajstić information content (AvgIpc) is 2.14. The van der Waals surface area contributed by atoms with Crippen LogP contribution in [-0.2, 0) is 0 Å². The number of nitrogen functional groups attached to an aromatic ring is 1. The molecule has 0 saturated carbocycles. The fraction of sp³-hybridized carbons (Fsp3) is 0.100. The molecule has 72 valence electrons. The number of aryl methyl sites for hydroxylation is 1. The molecule has 0 amide bonds. The Balaban J connectivity index is 2.95. The van der Waals surface area contributed by atoms with Crippen LogP contribution < -0.4 is 5.73 Å². The molecular formula is C10H8F2N2. The number of nitrogens with zero attached hydrogens (tertiary/aromatic N) is 1. The van der Waals surface area contributed by atoms with Crippen LogP contribution in [0.5, 0.6) is 0 Å². The van der Waals surface area contributed by atoms with E-state index in [1.165, 1.54) is 12.1 Å². The SMILES string of the molecule is Cc1c(F)cc(F)c2ccc(N)nc12. The molecule has 0 unspecified atom stereocenters. The molecule has 1 aromatic carbocycles. The number of nitrogens with two attached hydrogens (primary N) is 1. The third-order valence-electron chi connectivity index (χ3n) is 2.14. The lowest BCUT2D eigenvalue weighted by Crippen LogP contribution is -1.95. The maximum absolute atomic E-state index is 13.2. The minimum Gasteiger partial charge on any atom is -0.384 e. The van der Waals surface area contributed by atoms with E-state index in [0.29, 0.717) is 5.56 Å². The van der Waals surface area contributed by atoms with Gasteiger partial charge in [-0.15, -0.1) is 0 Å². The van der Waals surface area contributed by atoms with E-state index in [0.717, 1.165) is 6.07 Å². The van der Waals surface area contributed by atoms with E-state index in [4.69, 9.17) is 5.73 Å². The molecule has 2 rings (SSSR count). The van der Waals surface area contributed by atoms with E-state index < -0.39 is 11.6 Å². The van der Waals surface area contributed by atoms with Gasteiger partial charge in [-0.1, -0.05) is 0 Å². The fourth-order valence-electron chi connectivity index (χ4n) is 1.36. The van der Waals surface area contributed by atoms with E-state index in [1.807, 2.05) is 0 Å². The molecular weight excluding hydrogens is 186 g/mol. The maximum atomic E-state index is 13.2. The first-order valence-electron chi connectivity index (χ1n) is 4.10. The van der Waals surface area contributed by atoms with Crippen molar-refractivity contribution in [3.63, 3.8) is 0 Å². The molecule has 0 atom stereocenters. The molecule has 2 nitrogen and oxygen atoms in total. The third kappa shape index (κ3) is 1.19. The Kier molecular flexibility index (Phi) is 1.84. The number of hydrogen-bond donors (Lipinski definition) is 1.